The van der Waals surface area contributed by atoms with Gasteiger partial charge in [0.05, 0.1) is 6.10 Å². The molecule has 1 aliphatic rings. The van der Waals surface area contributed by atoms with E-state index in [1.54, 1.807) is 0 Å². The van der Waals surface area contributed by atoms with E-state index in [2.05, 4.69) is 18.7 Å². The molecule has 1 aliphatic heterocycles. The van der Waals surface area contributed by atoms with Crippen LogP contribution in [0.25, 0.3) is 0 Å². The summed E-state index contributed by atoms with van der Waals surface area (Å²) in [6.07, 6.45) is 0.179. The van der Waals surface area contributed by atoms with Gasteiger partial charge in [-0.1, -0.05) is 13.8 Å². The Morgan fingerprint density at radius 3 is 2.35 bits per heavy atom. The molecule has 0 aromatic carbocycles. The SMILES string of the molecule is CC(C)CC(=O)N1CCN(CC(O)CN)CC1. The van der Waals surface area contributed by atoms with E-state index in [9.17, 15) is 9.90 Å². The highest BCUT2D eigenvalue weighted by molar-refractivity contribution is 5.76. The van der Waals surface area contributed by atoms with E-state index >= 15 is 0 Å². The number of nitrogens with two attached hydrogens (primary N) is 1. The van der Waals surface area contributed by atoms with Gasteiger partial charge in [0.15, 0.2) is 0 Å². The molecule has 1 saturated heterocycles. The molecule has 0 aromatic heterocycles. The molecule has 17 heavy (non-hydrogen) atoms. The molecule has 0 saturated carbocycles. The minimum Gasteiger partial charge on any atom is -0.390 e. The standard InChI is InChI=1S/C12H25N3O2/c1-10(2)7-12(17)15-5-3-14(4-6-15)9-11(16)8-13/h10-11,16H,3-9,13H2,1-2H3. The first-order valence-corrected chi connectivity index (χ1v) is 6.41. The smallest absolute Gasteiger partial charge is 0.222 e. The highest BCUT2D eigenvalue weighted by Gasteiger charge is 2.22. The molecule has 5 heteroatoms. The second-order valence-corrected chi connectivity index (χ2v) is 5.17. The number of β-amino-alcohol motifs (C(OH)–C–C–N with tert-alkyl or cyclic N) is 1. The van der Waals surface area contributed by atoms with E-state index in [1.807, 2.05) is 4.90 Å². The van der Waals surface area contributed by atoms with Gasteiger partial charge in [-0.3, -0.25) is 9.69 Å². The third-order valence-electron chi connectivity index (χ3n) is 3.05. The zero-order chi connectivity index (χ0) is 12.8. The number of hydrogen-bond acceptors (Lipinski definition) is 4. The molecule has 1 atom stereocenters. The molecule has 1 fully saturated rings. The number of rotatable bonds is 5. The molecule has 5 nitrogen and oxygen atoms in total. The number of aliphatic hydroxyl groups is 1. The lowest BCUT2D eigenvalue weighted by Crippen LogP contribution is -2.51. The maximum atomic E-state index is 11.8. The zero-order valence-corrected chi connectivity index (χ0v) is 10.9. The second-order valence-electron chi connectivity index (χ2n) is 5.17. The van der Waals surface area contributed by atoms with E-state index in [-0.39, 0.29) is 5.91 Å². The fourth-order valence-corrected chi connectivity index (χ4v) is 2.03. The summed E-state index contributed by atoms with van der Waals surface area (Å²) in [7, 11) is 0. The van der Waals surface area contributed by atoms with Gasteiger partial charge in [-0.2, -0.15) is 0 Å². The van der Waals surface area contributed by atoms with Crippen molar-refractivity contribution < 1.29 is 9.90 Å². The van der Waals surface area contributed by atoms with E-state index in [4.69, 9.17) is 5.73 Å². The van der Waals surface area contributed by atoms with Gasteiger partial charge in [-0.05, 0) is 5.92 Å². The predicted octanol–water partition coefficient (Wildman–Crippen LogP) is -0.504. The maximum absolute atomic E-state index is 11.8. The van der Waals surface area contributed by atoms with Crippen LogP contribution in [-0.4, -0.2) is 66.2 Å². The first kappa shape index (κ1) is 14.4. The molecule has 0 spiro atoms. The van der Waals surface area contributed by atoms with Crippen LogP contribution in [0.5, 0.6) is 0 Å². The molecule has 0 radical (unpaired) electrons. The Kier molecular flexibility index (Phi) is 5.88. The Morgan fingerprint density at radius 1 is 1.29 bits per heavy atom. The van der Waals surface area contributed by atoms with Gasteiger partial charge in [-0.25, -0.2) is 0 Å². The van der Waals surface area contributed by atoms with Crippen molar-refractivity contribution in [3.05, 3.63) is 0 Å². The summed E-state index contributed by atoms with van der Waals surface area (Å²) >= 11 is 0. The van der Waals surface area contributed by atoms with Crippen LogP contribution in [0.15, 0.2) is 0 Å². The largest absolute Gasteiger partial charge is 0.390 e. The fourth-order valence-electron chi connectivity index (χ4n) is 2.03. The first-order valence-electron chi connectivity index (χ1n) is 6.41. The zero-order valence-electron chi connectivity index (χ0n) is 10.9. The number of nitrogens with zero attached hydrogens (tertiary/aromatic N) is 2. The van der Waals surface area contributed by atoms with Gasteiger partial charge >= 0.3 is 0 Å². The second kappa shape index (κ2) is 6.93. The van der Waals surface area contributed by atoms with Crippen LogP contribution in [-0.2, 0) is 4.79 Å². The van der Waals surface area contributed by atoms with Crippen molar-refractivity contribution in [1.82, 2.24) is 9.80 Å². The Hall–Kier alpha value is -0.650. The number of amides is 1. The van der Waals surface area contributed by atoms with E-state index in [0.29, 0.717) is 25.4 Å². The van der Waals surface area contributed by atoms with Crippen LogP contribution in [0.3, 0.4) is 0 Å². The highest BCUT2D eigenvalue weighted by Crippen LogP contribution is 2.08. The van der Waals surface area contributed by atoms with E-state index < -0.39 is 6.10 Å². The molecular formula is C12H25N3O2. The molecule has 1 rings (SSSR count). The first-order chi connectivity index (χ1) is 8.02. The topological polar surface area (TPSA) is 69.8 Å². The molecular weight excluding hydrogens is 218 g/mol. The Labute approximate surface area is 104 Å². The summed E-state index contributed by atoms with van der Waals surface area (Å²) in [5.74, 6) is 0.665. The summed E-state index contributed by atoms with van der Waals surface area (Å²) in [5, 5.41) is 9.46. The molecule has 1 heterocycles. The summed E-state index contributed by atoms with van der Waals surface area (Å²) in [6, 6.07) is 0. The Morgan fingerprint density at radius 2 is 1.88 bits per heavy atom. The minimum atomic E-state index is -0.451. The number of hydrogen-bond donors (Lipinski definition) is 2. The summed E-state index contributed by atoms with van der Waals surface area (Å²) in [5.41, 5.74) is 5.38. The average molecular weight is 243 g/mol. The van der Waals surface area contributed by atoms with Crippen LogP contribution >= 0.6 is 0 Å². The van der Waals surface area contributed by atoms with Gasteiger partial charge < -0.3 is 15.7 Å². The van der Waals surface area contributed by atoms with Crippen LogP contribution in [0.4, 0.5) is 0 Å². The minimum absolute atomic E-state index is 0.249. The van der Waals surface area contributed by atoms with Crippen LogP contribution in [0.2, 0.25) is 0 Å². The number of carbonyl (C=O) groups excluding carboxylic acids is 1. The van der Waals surface area contributed by atoms with Gasteiger partial charge in [0, 0.05) is 45.7 Å². The number of aliphatic hydroxyl groups excluding tert-OH is 1. The molecule has 0 aromatic rings. The lowest BCUT2D eigenvalue weighted by Gasteiger charge is -2.35. The summed E-state index contributed by atoms with van der Waals surface area (Å²) in [6.45, 7) is 8.24. The fraction of sp³-hybridized carbons (Fsp3) is 0.917. The molecule has 0 aliphatic carbocycles. The van der Waals surface area contributed by atoms with Crippen LogP contribution in [0, 0.1) is 5.92 Å². The van der Waals surface area contributed by atoms with Crippen molar-refractivity contribution in [3.8, 4) is 0 Å². The van der Waals surface area contributed by atoms with E-state index in [0.717, 1.165) is 26.2 Å². The van der Waals surface area contributed by atoms with Gasteiger partial charge in [0.25, 0.3) is 0 Å². The summed E-state index contributed by atoms with van der Waals surface area (Å²) in [4.78, 5) is 15.9. The van der Waals surface area contributed by atoms with Crippen molar-refractivity contribution in [2.75, 3.05) is 39.3 Å². The predicted molar refractivity (Wildman–Crippen MR) is 67.5 cm³/mol. The molecule has 0 bridgehead atoms. The Balaban J connectivity index is 2.28. The van der Waals surface area contributed by atoms with Crippen molar-refractivity contribution in [2.24, 2.45) is 11.7 Å². The molecule has 1 unspecified atom stereocenters. The monoisotopic (exact) mass is 243 g/mol. The third-order valence-corrected chi connectivity index (χ3v) is 3.05. The lowest BCUT2D eigenvalue weighted by atomic mass is 10.1. The van der Waals surface area contributed by atoms with Crippen molar-refractivity contribution >= 4 is 5.91 Å². The lowest BCUT2D eigenvalue weighted by molar-refractivity contribution is -0.133. The van der Waals surface area contributed by atoms with Crippen LogP contribution < -0.4 is 5.73 Å². The van der Waals surface area contributed by atoms with Gasteiger partial charge in [0.2, 0.25) is 5.91 Å². The normalized spacial score (nSPS) is 19.7. The number of carbonyl (C=O) groups is 1. The average Bonchev–Trinajstić information content (AvgIpc) is 2.28. The molecule has 3 N–H and O–H groups in total. The van der Waals surface area contributed by atoms with Crippen LogP contribution in [0.1, 0.15) is 20.3 Å². The summed E-state index contributed by atoms with van der Waals surface area (Å²) < 4.78 is 0. The third kappa shape index (κ3) is 5.02. The van der Waals surface area contributed by atoms with E-state index in [1.165, 1.54) is 0 Å². The van der Waals surface area contributed by atoms with Gasteiger partial charge in [0.1, 0.15) is 0 Å². The Bertz CT molecular complexity index is 238. The quantitative estimate of drug-likeness (QED) is 0.683. The van der Waals surface area contributed by atoms with Crippen molar-refractivity contribution in [2.45, 2.75) is 26.4 Å². The maximum Gasteiger partial charge on any atom is 0.222 e. The van der Waals surface area contributed by atoms with Gasteiger partial charge in [-0.15, -0.1) is 0 Å². The highest BCUT2D eigenvalue weighted by atomic mass is 16.3. The van der Waals surface area contributed by atoms with Crippen molar-refractivity contribution in [1.29, 1.82) is 0 Å². The van der Waals surface area contributed by atoms with Crippen molar-refractivity contribution in [3.63, 3.8) is 0 Å². The molecule has 100 valence electrons. The molecule has 1 amide bonds. The number of piperazine rings is 1.